The van der Waals surface area contributed by atoms with Gasteiger partial charge >= 0.3 is 0 Å². The van der Waals surface area contributed by atoms with Crippen molar-refractivity contribution >= 4 is 28.8 Å². The van der Waals surface area contributed by atoms with E-state index < -0.39 is 0 Å². The molecule has 0 aromatic heterocycles. The highest BCUT2D eigenvalue weighted by Crippen LogP contribution is 2.19. The molecule has 4 N–H and O–H groups in total. The van der Waals surface area contributed by atoms with Gasteiger partial charge in [0.1, 0.15) is 4.99 Å². The van der Waals surface area contributed by atoms with Crippen LogP contribution in [0, 0.1) is 0 Å². The summed E-state index contributed by atoms with van der Waals surface area (Å²) in [6.45, 7) is 1.64. The maximum Gasteiger partial charge on any atom is 0.104 e. The van der Waals surface area contributed by atoms with Gasteiger partial charge < -0.3 is 15.9 Å². The van der Waals surface area contributed by atoms with Gasteiger partial charge in [0, 0.05) is 30.2 Å². The molecule has 0 amide bonds. The van der Waals surface area contributed by atoms with Crippen LogP contribution in [0.15, 0.2) is 18.2 Å². The molecule has 0 saturated carbocycles. The summed E-state index contributed by atoms with van der Waals surface area (Å²) in [6, 6.07) is 5.41. The minimum atomic E-state index is 0.0442. The Morgan fingerprint density at radius 1 is 1.28 bits per heavy atom. The molecular formula is C12H17ClN2O2S. The molecule has 1 aromatic rings. The molecule has 0 aliphatic rings. The number of rotatable bonds is 7. The zero-order valence-electron chi connectivity index (χ0n) is 9.97. The quantitative estimate of drug-likeness (QED) is 0.646. The summed E-state index contributed by atoms with van der Waals surface area (Å²) in [5, 5.41) is 18.5. The van der Waals surface area contributed by atoms with Crippen LogP contribution in [0.4, 0.5) is 0 Å². The van der Waals surface area contributed by atoms with E-state index in [0.29, 0.717) is 29.6 Å². The van der Waals surface area contributed by atoms with Gasteiger partial charge in [0.2, 0.25) is 0 Å². The average molecular weight is 289 g/mol. The van der Waals surface area contributed by atoms with Gasteiger partial charge in [-0.15, -0.1) is 0 Å². The number of hydrogen-bond donors (Lipinski definition) is 3. The Morgan fingerprint density at radius 2 is 1.89 bits per heavy atom. The Hall–Kier alpha value is -0.720. The van der Waals surface area contributed by atoms with Crippen LogP contribution < -0.4 is 5.73 Å². The smallest absolute Gasteiger partial charge is 0.104 e. The van der Waals surface area contributed by atoms with Gasteiger partial charge in [-0.05, 0) is 11.6 Å². The fraction of sp³-hybridized carbons (Fsp3) is 0.417. The molecule has 0 atom stereocenters. The molecule has 1 aromatic carbocycles. The van der Waals surface area contributed by atoms with E-state index in [9.17, 15) is 0 Å². The van der Waals surface area contributed by atoms with Crippen LogP contribution in [0.3, 0.4) is 0 Å². The van der Waals surface area contributed by atoms with Crippen molar-refractivity contribution in [2.24, 2.45) is 5.73 Å². The van der Waals surface area contributed by atoms with Crippen molar-refractivity contribution in [3.05, 3.63) is 34.3 Å². The first kappa shape index (κ1) is 15.3. The Labute approximate surface area is 117 Å². The second-order valence-electron chi connectivity index (χ2n) is 3.89. The van der Waals surface area contributed by atoms with E-state index in [2.05, 4.69) is 0 Å². The number of halogens is 1. The number of aliphatic hydroxyl groups is 2. The molecule has 0 aliphatic carbocycles. The molecule has 1 rings (SSSR count). The van der Waals surface area contributed by atoms with E-state index in [1.807, 2.05) is 17.0 Å². The highest BCUT2D eigenvalue weighted by molar-refractivity contribution is 7.80. The van der Waals surface area contributed by atoms with Gasteiger partial charge in [-0.1, -0.05) is 36.0 Å². The van der Waals surface area contributed by atoms with Crippen molar-refractivity contribution in [2.75, 3.05) is 26.3 Å². The summed E-state index contributed by atoms with van der Waals surface area (Å²) in [7, 11) is 0. The highest BCUT2D eigenvalue weighted by Gasteiger charge is 2.09. The molecule has 0 spiro atoms. The number of aliphatic hydroxyl groups excluding tert-OH is 2. The van der Waals surface area contributed by atoms with E-state index in [1.165, 1.54) is 0 Å². The second kappa shape index (κ2) is 7.66. The maximum atomic E-state index is 8.94. The molecule has 0 saturated heterocycles. The van der Waals surface area contributed by atoms with Crippen LogP contribution in [0.1, 0.15) is 11.1 Å². The minimum absolute atomic E-state index is 0.0442. The van der Waals surface area contributed by atoms with Crippen LogP contribution in [-0.2, 0) is 6.54 Å². The standard InChI is InChI=1S/C12H17ClN2O2S/c13-11-7-9(12(14)18)1-2-10(11)8-15(3-5-16)4-6-17/h1-2,7,16-17H,3-6,8H2,(H2,14,18). The van der Waals surface area contributed by atoms with Crippen LogP contribution in [0.5, 0.6) is 0 Å². The summed E-state index contributed by atoms with van der Waals surface area (Å²) in [5.41, 5.74) is 7.17. The SMILES string of the molecule is NC(=S)c1ccc(CN(CCO)CCO)c(Cl)c1. The van der Waals surface area contributed by atoms with Crippen LogP contribution in [0.2, 0.25) is 5.02 Å². The largest absolute Gasteiger partial charge is 0.395 e. The van der Waals surface area contributed by atoms with Gasteiger partial charge in [0.15, 0.2) is 0 Å². The number of nitrogens with zero attached hydrogens (tertiary/aromatic N) is 1. The van der Waals surface area contributed by atoms with Crippen LogP contribution in [0.25, 0.3) is 0 Å². The lowest BCUT2D eigenvalue weighted by Gasteiger charge is -2.21. The van der Waals surface area contributed by atoms with Crippen molar-refractivity contribution in [1.82, 2.24) is 4.90 Å². The van der Waals surface area contributed by atoms with Gasteiger partial charge in [0.25, 0.3) is 0 Å². The number of hydrogen-bond acceptors (Lipinski definition) is 4. The number of benzene rings is 1. The number of nitrogens with two attached hydrogens (primary N) is 1. The summed E-state index contributed by atoms with van der Waals surface area (Å²) in [5.74, 6) is 0. The Bertz CT molecular complexity index is 409. The van der Waals surface area contributed by atoms with E-state index in [0.717, 1.165) is 11.1 Å². The third kappa shape index (κ3) is 4.51. The monoisotopic (exact) mass is 288 g/mol. The third-order valence-electron chi connectivity index (χ3n) is 2.56. The van der Waals surface area contributed by atoms with Crippen molar-refractivity contribution in [2.45, 2.75) is 6.54 Å². The van der Waals surface area contributed by atoms with E-state index in [4.69, 9.17) is 39.8 Å². The first-order valence-corrected chi connectivity index (χ1v) is 6.39. The van der Waals surface area contributed by atoms with Gasteiger partial charge in [-0.25, -0.2) is 0 Å². The molecule has 0 aliphatic heterocycles. The molecule has 0 radical (unpaired) electrons. The normalized spacial score (nSPS) is 10.9. The molecule has 0 heterocycles. The summed E-state index contributed by atoms with van der Waals surface area (Å²) in [4.78, 5) is 2.23. The van der Waals surface area contributed by atoms with Gasteiger partial charge in [-0.3, -0.25) is 4.90 Å². The Kier molecular flexibility index (Phi) is 6.52. The fourth-order valence-electron chi connectivity index (χ4n) is 1.62. The zero-order chi connectivity index (χ0) is 13.5. The molecule has 0 fully saturated rings. The minimum Gasteiger partial charge on any atom is -0.395 e. The Balaban J connectivity index is 2.79. The lowest BCUT2D eigenvalue weighted by molar-refractivity contribution is 0.156. The summed E-state index contributed by atoms with van der Waals surface area (Å²) in [6.07, 6.45) is 0. The van der Waals surface area contributed by atoms with Crippen molar-refractivity contribution in [3.8, 4) is 0 Å². The van der Waals surface area contributed by atoms with Crippen molar-refractivity contribution < 1.29 is 10.2 Å². The third-order valence-corrected chi connectivity index (χ3v) is 3.15. The fourth-order valence-corrected chi connectivity index (χ4v) is 1.99. The predicted molar refractivity (Wildman–Crippen MR) is 76.8 cm³/mol. The second-order valence-corrected chi connectivity index (χ2v) is 4.74. The molecule has 6 heteroatoms. The summed E-state index contributed by atoms with van der Waals surface area (Å²) >= 11 is 11.0. The van der Waals surface area contributed by atoms with Gasteiger partial charge in [-0.2, -0.15) is 0 Å². The predicted octanol–water partition coefficient (Wildman–Crippen LogP) is 0.761. The first-order valence-electron chi connectivity index (χ1n) is 5.60. The van der Waals surface area contributed by atoms with Crippen molar-refractivity contribution in [1.29, 1.82) is 0 Å². The molecule has 0 unspecified atom stereocenters. The van der Waals surface area contributed by atoms with E-state index in [-0.39, 0.29) is 13.2 Å². The van der Waals surface area contributed by atoms with E-state index >= 15 is 0 Å². The van der Waals surface area contributed by atoms with Gasteiger partial charge in [0.05, 0.1) is 13.2 Å². The Morgan fingerprint density at radius 3 is 2.33 bits per heavy atom. The molecular weight excluding hydrogens is 272 g/mol. The highest BCUT2D eigenvalue weighted by atomic mass is 35.5. The van der Waals surface area contributed by atoms with E-state index in [1.54, 1.807) is 6.07 Å². The van der Waals surface area contributed by atoms with Crippen LogP contribution in [-0.4, -0.2) is 46.4 Å². The molecule has 100 valence electrons. The molecule has 18 heavy (non-hydrogen) atoms. The number of thiocarbonyl (C=S) groups is 1. The molecule has 0 bridgehead atoms. The first-order chi connectivity index (χ1) is 8.58. The maximum absolute atomic E-state index is 8.94. The molecule has 4 nitrogen and oxygen atoms in total. The lowest BCUT2D eigenvalue weighted by atomic mass is 10.1. The topological polar surface area (TPSA) is 69.7 Å². The lowest BCUT2D eigenvalue weighted by Crippen LogP contribution is -2.29. The van der Waals surface area contributed by atoms with Crippen molar-refractivity contribution in [3.63, 3.8) is 0 Å². The summed E-state index contributed by atoms with van der Waals surface area (Å²) < 4.78 is 0. The zero-order valence-corrected chi connectivity index (χ0v) is 11.5. The average Bonchev–Trinajstić information content (AvgIpc) is 2.32. The van der Waals surface area contributed by atoms with Crippen LogP contribution >= 0.6 is 23.8 Å².